The minimum atomic E-state index is -0.649. The number of rotatable bonds is 5. The van der Waals surface area contributed by atoms with E-state index in [4.69, 9.17) is 4.74 Å². The Morgan fingerprint density at radius 1 is 1.23 bits per heavy atom. The molecular formula is C26H37NO4. The van der Waals surface area contributed by atoms with Crippen LogP contribution in [0.2, 0.25) is 0 Å². The summed E-state index contributed by atoms with van der Waals surface area (Å²) in [6.45, 7) is 12.0. The molecule has 1 unspecified atom stereocenters. The SMILES string of the molecule is CC1=C(CCC2(C)OCCCN2C(=O)/C=C(/C)c2ccc(O)cc2O)C(C)(C)CCC1. The third kappa shape index (κ3) is 5.15. The number of allylic oxidation sites excluding steroid dienone is 3. The van der Waals surface area contributed by atoms with Gasteiger partial charge in [-0.1, -0.05) is 25.0 Å². The summed E-state index contributed by atoms with van der Waals surface area (Å²) < 4.78 is 6.19. The first kappa shape index (κ1) is 23.4. The van der Waals surface area contributed by atoms with E-state index in [1.165, 1.54) is 36.1 Å². The number of hydrogen-bond donors (Lipinski definition) is 2. The van der Waals surface area contributed by atoms with E-state index in [0.717, 1.165) is 25.7 Å². The average Bonchev–Trinajstić information content (AvgIpc) is 2.67. The van der Waals surface area contributed by atoms with E-state index in [-0.39, 0.29) is 22.8 Å². The van der Waals surface area contributed by atoms with Crippen LogP contribution in [0.25, 0.3) is 5.57 Å². The van der Waals surface area contributed by atoms with Gasteiger partial charge in [-0.05, 0) is 82.4 Å². The van der Waals surface area contributed by atoms with Crippen LogP contribution in [-0.2, 0) is 9.53 Å². The van der Waals surface area contributed by atoms with E-state index in [1.54, 1.807) is 19.1 Å². The minimum Gasteiger partial charge on any atom is -0.508 e. The maximum atomic E-state index is 13.2. The molecule has 1 atom stereocenters. The zero-order chi connectivity index (χ0) is 22.8. The standard InChI is InChI=1S/C26H37NO4/c1-18-8-6-12-25(3,4)22(18)11-13-26(5)27(14-7-15-31-26)24(30)16-19(2)21-10-9-20(28)17-23(21)29/h9-10,16-17,28-29H,6-8,11-15H2,1-5H3/b19-16-. The highest BCUT2D eigenvalue weighted by Crippen LogP contribution is 2.44. The van der Waals surface area contributed by atoms with Crippen molar-refractivity contribution < 1.29 is 19.7 Å². The molecule has 2 aliphatic rings. The number of carbonyl (C=O) groups excluding carboxylic acids is 1. The Hall–Kier alpha value is -2.27. The maximum Gasteiger partial charge on any atom is 0.249 e. The highest BCUT2D eigenvalue weighted by molar-refractivity contribution is 5.95. The fourth-order valence-electron chi connectivity index (χ4n) is 5.16. The lowest BCUT2D eigenvalue weighted by molar-refractivity contribution is -0.186. The average molecular weight is 428 g/mol. The fraction of sp³-hybridized carbons (Fsp3) is 0.577. The van der Waals surface area contributed by atoms with Crippen molar-refractivity contribution >= 4 is 11.5 Å². The molecule has 3 rings (SSSR count). The molecule has 1 aromatic carbocycles. The van der Waals surface area contributed by atoms with Gasteiger partial charge in [0, 0.05) is 24.3 Å². The van der Waals surface area contributed by atoms with Gasteiger partial charge in [0.15, 0.2) is 0 Å². The predicted molar refractivity (Wildman–Crippen MR) is 124 cm³/mol. The van der Waals surface area contributed by atoms with Crippen molar-refractivity contribution in [1.82, 2.24) is 4.90 Å². The molecule has 1 aliphatic heterocycles. The van der Waals surface area contributed by atoms with Gasteiger partial charge in [0.25, 0.3) is 0 Å². The molecule has 1 aromatic rings. The van der Waals surface area contributed by atoms with E-state index >= 15 is 0 Å². The van der Waals surface area contributed by atoms with Crippen LogP contribution in [0.1, 0.15) is 78.7 Å². The lowest BCUT2D eigenvalue weighted by Gasteiger charge is -2.45. The zero-order valence-corrected chi connectivity index (χ0v) is 19.6. The molecule has 170 valence electrons. The topological polar surface area (TPSA) is 70.0 Å². The normalized spacial score (nSPS) is 24.4. The number of nitrogens with zero attached hydrogens (tertiary/aromatic N) is 1. The molecular weight excluding hydrogens is 390 g/mol. The zero-order valence-electron chi connectivity index (χ0n) is 19.6. The molecule has 0 radical (unpaired) electrons. The Labute approximate surface area is 186 Å². The molecule has 1 fully saturated rings. The second-order valence-electron chi connectivity index (χ2n) is 9.89. The van der Waals surface area contributed by atoms with Gasteiger partial charge in [-0.2, -0.15) is 0 Å². The summed E-state index contributed by atoms with van der Waals surface area (Å²) in [5, 5.41) is 19.7. The van der Waals surface area contributed by atoms with Crippen LogP contribution in [0, 0.1) is 5.41 Å². The van der Waals surface area contributed by atoms with Crippen LogP contribution in [0.4, 0.5) is 0 Å². The van der Waals surface area contributed by atoms with Crippen molar-refractivity contribution in [2.45, 2.75) is 78.9 Å². The van der Waals surface area contributed by atoms with E-state index < -0.39 is 5.72 Å². The summed E-state index contributed by atoms with van der Waals surface area (Å²) in [4.78, 5) is 15.1. The molecule has 1 saturated heterocycles. The molecule has 0 bridgehead atoms. The number of amides is 1. The van der Waals surface area contributed by atoms with Crippen molar-refractivity contribution in [1.29, 1.82) is 0 Å². The van der Waals surface area contributed by atoms with Crippen molar-refractivity contribution in [3.8, 4) is 11.5 Å². The maximum absolute atomic E-state index is 13.2. The summed E-state index contributed by atoms with van der Waals surface area (Å²) >= 11 is 0. The van der Waals surface area contributed by atoms with Gasteiger partial charge in [0.2, 0.25) is 5.91 Å². The van der Waals surface area contributed by atoms with Gasteiger partial charge in [-0.3, -0.25) is 4.79 Å². The number of carbonyl (C=O) groups is 1. The Kier molecular flexibility index (Phi) is 6.85. The van der Waals surface area contributed by atoms with E-state index in [2.05, 4.69) is 20.8 Å². The van der Waals surface area contributed by atoms with Gasteiger partial charge in [0.05, 0.1) is 6.61 Å². The predicted octanol–water partition coefficient (Wildman–Crippen LogP) is 5.77. The molecule has 1 amide bonds. The summed E-state index contributed by atoms with van der Waals surface area (Å²) in [5.41, 5.74) is 3.76. The lowest BCUT2D eigenvalue weighted by Crippen LogP contribution is -2.55. The first-order valence-corrected chi connectivity index (χ1v) is 11.4. The Morgan fingerprint density at radius 2 is 1.97 bits per heavy atom. The first-order valence-electron chi connectivity index (χ1n) is 11.4. The Morgan fingerprint density at radius 3 is 2.65 bits per heavy atom. The molecule has 0 spiro atoms. The summed E-state index contributed by atoms with van der Waals surface area (Å²) in [6.07, 6.45) is 7.69. The number of hydrogen-bond acceptors (Lipinski definition) is 4. The summed E-state index contributed by atoms with van der Waals surface area (Å²) in [5.74, 6) is -0.158. The van der Waals surface area contributed by atoms with Crippen LogP contribution in [-0.4, -0.2) is 39.9 Å². The smallest absolute Gasteiger partial charge is 0.249 e. The van der Waals surface area contributed by atoms with Crippen molar-refractivity contribution in [3.05, 3.63) is 41.0 Å². The first-order chi connectivity index (χ1) is 14.5. The van der Waals surface area contributed by atoms with Crippen LogP contribution in [0.5, 0.6) is 11.5 Å². The lowest BCUT2D eigenvalue weighted by atomic mass is 9.71. The number of ether oxygens (including phenoxy) is 1. The van der Waals surface area contributed by atoms with Gasteiger partial charge in [-0.25, -0.2) is 0 Å². The number of phenols is 2. The molecule has 0 aromatic heterocycles. The van der Waals surface area contributed by atoms with Crippen LogP contribution in [0.3, 0.4) is 0 Å². The number of aromatic hydroxyl groups is 2. The van der Waals surface area contributed by atoms with E-state index in [1.807, 2.05) is 11.8 Å². The van der Waals surface area contributed by atoms with E-state index in [9.17, 15) is 15.0 Å². The largest absolute Gasteiger partial charge is 0.508 e. The minimum absolute atomic E-state index is 0.00684. The molecule has 5 heteroatoms. The molecule has 2 N–H and O–H groups in total. The molecule has 5 nitrogen and oxygen atoms in total. The third-order valence-corrected chi connectivity index (χ3v) is 7.05. The molecule has 31 heavy (non-hydrogen) atoms. The molecule has 1 aliphatic carbocycles. The second kappa shape index (κ2) is 9.07. The van der Waals surface area contributed by atoms with Crippen molar-refractivity contribution in [2.75, 3.05) is 13.2 Å². The second-order valence-corrected chi connectivity index (χ2v) is 9.89. The van der Waals surface area contributed by atoms with Gasteiger partial charge in [-0.15, -0.1) is 0 Å². The third-order valence-electron chi connectivity index (χ3n) is 7.05. The van der Waals surface area contributed by atoms with Gasteiger partial charge in [0.1, 0.15) is 17.2 Å². The quantitative estimate of drug-likeness (QED) is 0.462. The van der Waals surface area contributed by atoms with Crippen LogP contribution >= 0.6 is 0 Å². The molecule has 0 saturated carbocycles. The highest BCUT2D eigenvalue weighted by atomic mass is 16.5. The highest BCUT2D eigenvalue weighted by Gasteiger charge is 2.39. The molecule has 1 heterocycles. The monoisotopic (exact) mass is 427 g/mol. The van der Waals surface area contributed by atoms with Crippen LogP contribution in [0.15, 0.2) is 35.4 Å². The summed E-state index contributed by atoms with van der Waals surface area (Å²) in [6, 6.07) is 4.41. The van der Waals surface area contributed by atoms with Crippen LogP contribution < -0.4 is 0 Å². The summed E-state index contributed by atoms with van der Waals surface area (Å²) in [7, 11) is 0. The number of phenolic OH excluding ortho intramolecular Hbond substituents is 2. The van der Waals surface area contributed by atoms with Gasteiger partial charge < -0.3 is 19.8 Å². The van der Waals surface area contributed by atoms with Gasteiger partial charge >= 0.3 is 0 Å². The fourth-order valence-corrected chi connectivity index (χ4v) is 5.16. The van der Waals surface area contributed by atoms with Crippen molar-refractivity contribution in [2.24, 2.45) is 5.41 Å². The van der Waals surface area contributed by atoms with E-state index in [0.29, 0.717) is 24.3 Å². The Balaban J connectivity index is 1.79. The number of benzene rings is 1. The Bertz CT molecular complexity index is 899. The van der Waals surface area contributed by atoms with Crippen molar-refractivity contribution in [3.63, 3.8) is 0 Å².